The third-order valence-corrected chi connectivity index (χ3v) is 6.31. The maximum absolute atomic E-state index is 4.87. The highest BCUT2D eigenvalue weighted by Gasteiger charge is 2.13. The summed E-state index contributed by atoms with van der Waals surface area (Å²) in [4.78, 5) is 16.7. The van der Waals surface area contributed by atoms with Gasteiger partial charge in [-0.15, -0.1) is 0 Å². The molecule has 0 fully saturated rings. The van der Waals surface area contributed by atoms with Gasteiger partial charge in [-0.3, -0.25) is 0 Å². The Morgan fingerprint density at radius 1 is 0.417 bits per heavy atom. The van der Waals surface area contributed by atoms with Gasteiger partial charge in [-0.1, -0.05) is 103 Å². The van der Waals surface area contributed by atoms with Crippen molar-refractivity contribution in [3.8, 4) is 34.2 Å². The van der Waals surface area contributed by atoms with Gasteiger partial charge in [0.15, 0.2) is 17.5 Å². The molecule has 0 bridgehead atoms. The number of benzene rings is 5. The van der Waals surface area contributed by atoms with E-state index in [1.807, 2.05) is 60.7 Å². The van der Waals surface area contributed by atoms with Gasteiger partial charge >= 0.3 is 0 Å². The Bertz CT molecular complexity index is 1590. The molecule has 0 saturated heterocycles. The van der Waals surface area contributed by atoms with Crippen molar-refractivity contribution in [3.63, 3.8) is 0 Å². The Labute approximate surface area is 210 Å². The lowest BCUT2D eigenvalue weighted by molar-refractivity contribution is 1.07. The van der Waals surface area contributed by atoms with Crippen LogP contribution in [0, 0.1) is 0 Å². The maximum Gasteiger partial charge on any atom is 0.164 e. The van der Waals surface area contributed by atoms with Crippen molar-refractivity contribution in [2.45, 2.75) is 0 Å². The van der Waals surface area contributed by atoms with Crippen LogP contribution in [0.5, 0.6) is 0 Å². The van der Waals surface area contributed by atoms with Crippen molar-refractivity contribution in [3.05, 3.63) is 127 Å². The van der Waals surface area contributed by atoms with Gasteiger partial charge < -0.3 is 4.90 Å². The van der Waals surface area contributed by atoms with Gasteiger partial charge in [-0.05, 0) is 35.0 Å². The fourth-order valence-corrected chi connectivity index (χ4v) is 4.33. The number of fused-ring (bicyclic) bond motifs is 1. The molecule has 0 aliphatic carbocycles. The predicted molar refractivity (Wildman–Crippen MR) is 148 cm³/mol. The lowest BCUT2D eigenvalue weighted by atomic mass is 10.1. The summed E-state index contributed by atoms with van der Waals surface area (Å²) in [7, 11) is 2.08. The Morgan fingerprint density at radius 3 is 1.56 bits per heavy atom. The van der Waals surface area contributed by atoms with Gasteiger partial charge in [0.25, 0.3) is 0 Å². The van der Waals surface area contributed by atoms with Crippen LogP contribution >= 0.6 is 0 Å². The minimum atomic E-state index is 0.650. The van der Waals surface area contributed by atoms with E-state index in [9.17, 15) is 0 Å². The molecule has 0 atom stereocenters. The Morgan fingerprint density at radius 2 is 0.917 bits per heavy atom. The molecule has 1 aromatic heterocycles. The van der Waals surface area contributed by atoms with Crippen LogP contribution in [0.1, 0.15) is 0 Å². The predicted octanol–water partition coefficient (Wildman–Crippen LogP) is 7.79. The summed E-state index contributed by atoms with van der Waals surface area (Å²) >= 11 is 0. The van der Waals surface area contributed by atoms with Gasteiger partial charge in [-0.25, -0.2) is 15.0 Å². The van der Waals surface area contributed by atoms with Gasteiger partial charge in [-0.2, -0.15) is 0 Å². The second kappa shape index (κ2) is 9.43. The van der Waals surface area contributed by atoms with E-state index in [1.165, 1.54) is 10.8 Å². The Hall–Kier alpha value is -4.83. The molecule has 0 radical (unpaired) electrons. The molecule has 36 heavy (non-hydrogen) atoms. The molecule has 0 unspecified atom stereocenters. The largest absolute Gasteiger partial charge is 0.345 e. The van der Waals surface area contributed by atoms with E-state index in [1.54, 1.807) is 0 Å². The first kappa shape index (κ1) is 21.7. The quantitative estimate of drug-likeness (QED) is 0.261. The molecule has 4 heteroatoms. The molecule has 6 aromatic rings. The first-order valence-corrected chi connectivity index (χ1v) is 11.9. The van der Waals surface area contributed by atoms with Gasteiger partial charge in [0.05, 0.1) is 0 Å². The molecular weight excluding hydrogens is 440 g/mol. The van der Waals surface area contributed by atoms with Crippen molar-refractivity contribution in [2.75, 3.05) is 11.9 Å². The van der Waals surface area contributed by atoms with Crippen LogP contribution in [0.3, 0.4) is 0 Å². The summed E-state index contributed by atoms with van der Waals surface area (Å²) in [5, 5.41) is 2.45. The van der Waals surface area contributed by atoms with Crippen LogP contribution < -0.4 is 4.90 Å². The third-order valence-electron chi connectivity index (χ3n) is 6.31. The van der Waals surface area contributed by atoms with Crippen molar-refractivity contribution in [1.82, 2.24) is 15.0 Å². The number of hydrogen-bond acceptors (Lipinski definition) is 4. The van der Waals surface area contributed by atoms with Crippen molar-refractivity contribution >= 4 is 22.1 Å². The SMILES string of the molecule is CN(c1cccc(-c2nc(-c3ccccc3)nc(-c3ccccc3)n2)c1)c1ccc2ccccc2c1. The molecule has 5 aromatic carbocycles. The van der Waals surface area contributed by atoms with Crippen LogP contribution in [0.2, 0.25) is 0 Å². The Balaban J connectivity index is 1.43. The molecule has 0 N–H and O–H groups in total. The van der Waals surface area contributed by atoms with E-state index < -0.39 is 0 Å². The zero-order valence-electron chi connectivity index (χ0n) is 19.9. The first-order chi connectivity index (χ1) is 17.7. The average Bonchev–Trinajstić information content (AvgIpc) is 2.97. The van der Waals surface area contributed by atoms with Gasteiger partial charge in [0.2, 0.25) is 0 Å². The van der Waals surface area contributed by atoms with E-state index >= 15 is 0 Å². The standard InChI is InChI=1S/C32H24N4/c1-36(29-20-19-23-11-8-9-16-26(23)21-29)28-18-10-17-27(22-28)32-34-30(24-12-4-2-5-13-24)33-31(35-32)25-14-6-3-7-15-25/h2-22H,1H3. The number of rotatable bonds is 5. The first-order valence-electron chi connectivity index (χ1n) is 11.9. The molecule has 0 aliphatic rings. The number of aromatic nitrogens is 3. The fraction of sp³-hybridized carbons (Fsp3) is 0.0312. The van der Waals surface area contributed by atoms with Crippen molar-refractivity contribution < 1.29 is 0 Å². The molecule has 1 heterocycles. The van der Waals surface area contributed by atoms with E-state index in [0.29, 0.717) is 17.5 Å². The van der Waals surface area contributed by atoms with Crippen molar-refractivity contribution in [2.24, 2.45) is 0 Å². The van der Waals surface area contributed by atoms with Crippen LogP contribution in [0.4, 0.5) is 11.4 Å². The third kappa shape index (κ3) is 4.32. The highest BCUT2D eigenvalue weighted by atomic mass is 15.1. The fourth-order valence-electron chi connectivity index (χ4n) is 4.33. The maximum atomic E-state index is 4.87. The van der Waals surface area contributed by atoms with Crippen LogP contribution in [-0.4, -0.2) is 22.0 Å². The zero-order valence-corrected chi connectivity index (χ0v) is 19.9. The average molecular weight is 465 g/mol. The lowest BCUT2D eigenvalue weighted by Crippen LogP contribution is -2.09. The molecule has 0 amide bonds. The number of hydrogen-bond donors (Lipinski definition) is 0. The Kier molecular flexibility index (Phi) is 5.68. The van der Waals surface area contributed by atoms with Crippen LogP contribution in [-0.2, 0) is 0 Å². The molecule has 172 valence electrons. The second-order valence-corrected chi connectivity index (χ2v) is 8.68. The molecule has 0 aliphatic heterocycles. The molecule has 4 nitrogen and oxygen atoms in total. The second-order valence-electron chi connectivity index (χ2n) is 8.68. The molecule has 6 rings (SSSR count). The van der Waals surface area contributed by atoms with Gasteiger partial charge in [0, 0.05) is 35.1 Å². The summed E-state index contributed by atoms with van der Waals surface area (Å²) in [5.41, 5.74) is 5.05. The topological polar surface area (TPSA) is 41.9 Å². The molecule has 0 spiro atoms. The number of anilines is 2. The molecular formula is C32H24N4. The zero-order chi connectivity index (χ0) is 24.3. The highest BCUT2D eigenvalue weighted by Crippen LogP contribution is 2.31. The smallest absolute Gasteiger partial charge is 0.164 e. The summed E-state index contributed by atoms with van der Waals surface area (Å²) in [6.07, 6.45) is 0. The summed E-state index contributed by atoms with van der Waals surface area (Å²) in [6.45, 7) is 0. The number of nitrogens with zero attached hydrogens (tertiary/aromatic N) is 4. The van der Waals surface area contributed by atoms with Gasteiger partial charge in [0.1, 0.15) is 0 Å². The minimum Gasteiger partial charge on any atom is -0.345 e. The van der Waals surface area contributed by atoms with Crippen LogP contribution in [0.25, 0.3) is 44.9 Å². The summed E-state index contributed by atoms with van der Waals surface area (Å²) in [5.74, 6) is 1.97. The van der Waals surface area contributed by atoms with E-state index in [2.05, 4.69) is 78.7 Å². The minimum absolute atomic E-state index is 0.650. The monoisotopic (exact) mass is 464 g/mol. The molecule has 0 saturated carbocycles. The van der Waals surface area contributed by atoms with E-state index in [0.717, 1.165) is 28.1 Å². The van der Waals surface area contributed by atoms with E-state index in [-0.39, 0.29) is 0 Å². The van der Waals surface area contributed by atoms with Crippen molar-refractivity contribution in [1.29, 1.82) is 0 Å². The van der Waals surface area contributed by atoms with Crippen LogP contribution in [0.15, 0.2) is 127 Å². The van der Waals surface area contributed by atoms with E-state index in [4.69, 9.17) is 15.0 Å². The summed E-state index contributed by atoms with van der Waals surface area (Å²) in [6, 6.07) is 43.4. The summed E-state index contributed by atoms with van der Waals surface area (Å²) < 4.78 is 0. The highest BCUT2D eigenvalue weighted by molar-refractivity contribution is 5.87. The normalized spacial score (nSPS) is 10.9. The lowest BCUT2D eigenvalue weighted by Gasteiger charge is -2.21.